The number of rotatable bonds is 9. The van der Waals surface area contributed by atoms with E-state index in [2.05, 4.69) is 31.4 Å². The largest absolute Gasteiger partial charge is 0.480 e. The molecule has 2 aromatic rings. The quantitative estimate of drug-likeness (QED) is 0.252. The fourth-order valence-corrected chi connectivity index (χ4v) is 11.4. The predicted octanol–water partition coefficient (Wildman–Crippen LogP) is 7.17. The average Bonchev–Trinajstić information content (AvgIpc) is 2.99. The molecule has 2 saturated carbocycles. The van der Waals surface area contributed by atoms with E-state index >= 15 is 0 Å². The number of alkyl carbamates (subject to hydrolysis) is 1. The van der Waals surface area contributed by atoms with Crippen LogP contribution in [0.2, 0.25) is 5.04 Å². The van der Waals surface area contributed by atoms with Gasteiger partial charge in [0.2, 0.25) is 0 Å². The van der Waals surface area contributed by atoms with E-state index in [1.807, 2.05) is 60.7 Å². The van der Waals surface area contributed by atoms with Gasteiger partial charge in [-0.2, -0.15) is 0 Å². The molecule has 4 rings (SSSR count). The molecule has 2 aliphatic rings. The third kappa shape index (κ3) is 11.0. The van der Waals surface area contributed by atoms with Gasteiger partial charge in [-0.1, -0.05) is 120 Å². The molecule has 2 aliphatic carbocycles. The highest BCUT2D eigenvalue weighted by Crippen LogP contribution is 2.38. The van der Waals surface area contributed by atoms with Crippen LogP contribution in [0, 0.1) is 0 Å². The first-order valence-corrected chi connectivity index (χ1v) is 18.9. The van der Waals surface area contributed by atoms with Crippen molar-refractivity contribution in [2.75, 3.05) is 0 Å². The Morgan fingerprint density at radius 1 is 0.756 bits per heavy atom. The second-order valence-corrected chi connectivity index (χ2v) is 19.0. The molecule has 7 nitrogen and oxygen atoms in total. The van der Waals surface area contributed by atoms with Crippen molar-refractivity contribution in [3.05, 3.63) is 60.7 Å². The number of ether oxygens (including phenoxy) is 1. The number of nitrogens with one attached hydrogen (secondary N) is 2. The van der Waals surface area contributed by atoms with Gasteiger partial charge in [0.15, 0.2) is 6.04 Å². The number of carboxylic acids is 1. The lowest BCUT2D eigenvalue weighted by Crippen LogP contribution is -2.69. The highest BCUT2D eigenvalue weighted by Gasteiger charge is 2.52. The van der Waals surface area contributed by atoms with Gasteiger partial charge in [0.25, 0.3) is 8.32 Å². The van der Waals surface area contributed by atoms with Gasteiger partial charge in [0.05, 0.1) is 6.10 Å². The third-order valence-electron chi connectivity index (χ3n) is 8.87. The summed E-state index contributed by atoms with van der Waals surface area (Å²) in [5.74, 6) is -1.18. The molecule has 2 fully saturated rings. The number of amides is 1. The van der Waals surface area contributed by atoms with E-state index in [1.54, 1.807) is 27.7 Å². The van der Waals surface area contributed by atoms with Crippen LogP contribution in [0.1, 0.15) is 113 Å². The minimum atomic E-state index is -2.97. The van der Waals surface area contributed by atoms with E-state index < -0.39 is 38.1 Å². The summed E-state index contributed by atoms with van der Waals surface area (Å²) in [5.41, 5.74) is -0.741. The zero-order valence-electron chi connectivity index (χ0n) is 28.7. The third-order valence-corrected chi connectivity index (χ3v) is 14.0. The van der Waals surface area contributed by atoms with Crippen molar-refractivity contribution in [2.45, 2.75) is 148 Å². The summed E-state index contributed by atoms with van der Waals surface area (Å²) in [6, 6.07) is 20.4. The molecule has 2 atom stereocenters. The molecule has 0 bridgehead atoms. The number of carbonyl (C=O) groups is 2. The van der Waals surface area contributed by atoms with Crippen LogP contribution in [0.25, 0.3) is 0 Å². The first-order chi connectivity index (χ1) is 21.2. The smallest absolute Gasteiger partial charge is 0.408 e. The average molecular weight is 639 g/mol. The van der Waals surface area contributed by atoms with E-state index in [4.69, 9.17) is 9.16 Å². The predicted molar refractivity (Wildman–Crippen MR) is 186 cm³/mol. The lowest BCUT2D eigenvalue weighted by molar-refractivity contribution is -0.141. The Kier molecular flexibility index (Phi) is 13.7. The Hall–Kier alpha value is -2.68. The van der Waals surface area contributed by atoms with Crippen molar-refractivity contribution in [1.82, 2.24) is 10.6 Å². The van der Waals surface area contributed by atoms with Gasteiger partial charge in [-0.3, -0.25) is 0 Å². The van der Waals surface area contributed by atoms with Crippen molar-refractivity contribution >= 4 is 30.8 Å². The fraction of sp³-hybridized carbons (Fsp3) is 0.622. The number of hydrogen-bond donors (Lipinski definition) is 3. The van der Waals surface area contributed by atoms with Crippen LogP contribution in [0.5, 0.6) is 0 Å². The van der Waals surface area contributed by atoms with Gasteiger partial charge in [0, 0.05) is 12.1 Å². The molecule has 0 saturated heterocycles. The summed E-state index contributed by atoms with van der Waals surface area (Å²) in [7, 11) is -2.97. The second kappa shape index (κ2) is 16.8. The number of benzene rings is 2. The molecule has 8 heteroatoms. The van der Waals surface area contributed by atoms with Gasteiger partial charge in [-0.15, -0.1) is 0 Å². The second-order valence-electron chi connectivity index (χ2n) is 14.8. The maximum Gasteiger partial charge on any atom is 0.408 e. The van der Waals surface area contributed by atoms with Crippen molar-refractivity contribution in [3.8, 4) is 0 Å². The summed E-state index contributed by atoms with van der Waals surface area (Å²) in [6.07, 6.45) is 13.0. The van der Waals surface area contributed by atoms with Crippen LogP contribution in [0.4, 0.5) is 4.79 Å². The highest BCUT2D eigenvalue weighted by atomic mass is 28.4. The number of carbonyl (C=O) groups excluding carboxylic acids is 1. The van der Waals surface area contributed by atoms with Crippen molar-refractivity contribution in [3.63, 3.8) is 0 Å². The molecule has 45 heavy (non-hydrogen) atoms. The summed E-state index contributed by atoms with van der Waals surface area (Å²) in [5, 5.41) is 18.0. The van der Waals surface area contributed by atoms with Gasteiger partial charge in [-0.25, -0.2) is 9.59 Å². The Labute approximate surface area is 273 Å². The summed E-state index contributed by atoms with van der Waals surface area (Å²) < 4.78 is 12.1. The molecule has 2 aromatic carbocycles. The van der Waals surface area contributed by atoms with E-state index in [1.165, 1.54) is 64.2 Å². The molecule has 2 unspecified atom stereocenters. The van der Waals surface area contributed by atoms with Crippen LogP contribution >= 0.6 is 0 Å². The van der Waals surface area contributed by atoms with Crippen LogP contribution in [-0.2, 0) is 14.0 Å². The first-order valence-electron chi connectivity index (χ1n) is 17.0. The van der Waals surface area contributed by atoms with Gasteiger partial charge >= 0.3 is 12.1 Å². The van der Waals surface area contributed by atoms with Gasteiger partial charge < -0.3 is 24.9 Å². The molecule has 0 radical (unpaired) electrons. The Balaban J connectivity index is 0.000000350. The van der Waals surface area contributed by atoms with Gasteiger partial charge in [0.1, 0.15) is 5.60 Å². The molecule has 3 N–H and O–H groups in total. The lowest BCUT2D eigenvalue weighted by atomic mass is 9.91. The SMILES string of the molecule is C1CCC(NC2CCCCC2)CC1.CC(O[Si](c1ccccc1)(c1ccccc1)C(C)(C)C)C(NC(=O)OC(C)(C)C)C(=O)O. The Morgan fingerprint density at radius 2 is 1.18 bits per heavy atom. The molecule has 0 aliphatic heterocycles. The molecule has 0 heterocycles. The summed E-state index contributed by atoms with van der Waals surface area (Å²) in [6.45, 7) is 13.2. The van der Waals surface area contributed by atoms with Crippen molar-refractivity contribution in [2.24, 2.45) is 0 Å². The molecule has 0 spiro atoms. The Bertz CT molecular complexity index is 1110. The van der Waals surface area contributed by atoms with Crippen molar-refractivity contribution in [1.29, 1.82) is 0 Å². The van der Waals surface area contributed by atoms with E-state index in [9.17, 15) is 14.7 Å². The first kappa shape index (κ1) is 36.8. The Morgan fingerprint density at radius 3 is 1.53 bits per heavy atom. The summed E-state index contributed by atoms with van der Waals surface area (Å²) in [4.78, 5) is 24.5. The molecular formula is C37H58N2O5Si. The zero-order valence-corrected chi connectivity index (χ0v) is 29.7. The van der Waals surface area contributed by atoms with Crippen LogP contribution in [-0.4, -0.2) is 55.3 Å². The molecule has 1 amide bonds. The van der Waals surface area contributed by atoms with Crippen molar-refractivity contribution < 1.29 is 23.9 Å². The maximum absolute atomic E-state index is 12.3. The van der Waals surface area contributed by atoms with E-state index in [0.29, 0.717) is 0 Å². The zero-order chi connectivity index (χ0) is 33.1. The standard InChI is InChI=1S/C25H35NO5Si.C12H23N/c1-18(21(22(27)28)26-23(29)30-24(2,3)4)31-32(25(5,6)7,19-14-10-8-11-15-19)20-16-12-9-13-17-20;1-3-7-11(8-4-1)13-12-9-5-2-6-10-12/h8-18,21H,1-7H3,(H,26,29)(H,27,28);11-13H,1-10H2. The lowest BCUT2D eigenvalue weighted by Gasteiger charge is -2.45. The number of hydrogen-bond acceptors (Lipinski definition) is 5. The normalized spacial score (nSPS) is 18.2. The molecular weight excluding hydrogens is 581 g/mol. The number of aliphatic carboxylic acids is 1. The minimum Gasteiger partial charge on any atom is -0.480 e. The van der Waals surface area contributed by atoms with Crippen LogP contribution in [0.3, 0.4) is 0 Å². The van der Waals surface area contributed by atoms with E-state index in [0.717, 1.165) is 22.5 Å². The van der Waals surface area contributed by atoms with E-state index in [-0.39, 0.29) is 5.04 Å². The monoisotopic (exact) mass is 638 g/mol. The highest BCUT2D eigenvalue weighted by molar-refractivity contribution is 6.99. The topological polar surface area (TPSA) is 96.9 Å². The molecule has 250 valence electrons. The van der Waals surface area contributed by atoms with Crippen LogP contribution in [0.15, 0.2) is 60.7 Å². The fourth-order valence-electron chi connectivity index (χ4n) is 6.72. The summed E-state index contributed by atoms with van der Waals surface area (Å²) >= 11 is 0. The van der Waals surface area contributed by atoms with Gasteiger partial charge in [-0.05, 0) is 68.8 Å². The molecule has 0 aromatic heterocycles. The maximum atomic E-state index is 12.3. The van der Waals surface area contributed by atoms with Crippen LogP contribution < -0.4 is 21.0 Å². The number of carboxylic acid groups (broad SMARTS) is 1. The minimum absolute atomic E-state index is 0.320.